The van der Waals surface area contributed by atoms with E-state index in [0.29, 0.717) is 19.5 Å². The topological polar surface area (TPSA) is 83.6 Å². The number of hydrogen-bond acceptors (Lipinski definition) is 3. The highest BCUT2D eigenvalue weighted by molar-refractivity contribution is 5.79. The fourth-order valence-electron chi connectivity index (χ4n) is 2.21. The summed E-state index contributed by atoms with van der Waals surface area (Å²) in [6, 6.07) is 7.18. The van der Waals surface area contributed by atoms with Gasteiger partial charge in [0.15, 0.2) is 0 Å². The molecular formula is C13H16N2O3. The summed E-state index contributed by atoms with van der Waals surface area (Å²) in [5.74, 6) is -0.834. The number of carboxylic acid groups (broad SMARTS) is 1. The summed E-state index contributed by atoms with van der Waals surface area (Å²) in [6.07, 6.45) is 0.353. The van der Waals surface area contributed by atoms with Crippen LogP contribution in [0.1, 0.15) is 17.5 Å². The van der Waals surface area contributed by atoms with Gasteiger partial charge in [-0.05, 0) is 11.1 Å². The number of nitrogens with zero attached hydrogens (tertiary/aromatic N) is 1. The molecule has 1 aromatic carbocycles. The lowest BCUT2D eigenvalue weighted by molar-refractivity contribution is -0.136. The van der Waals surface area contributed by atoms with Gasteiger partial charge in [0, 0.05) is 25.6 Å². The molecule has 0 spiro atoms. The molecule has 5 nitrogen and oxygen atoms in total. The summed E-state index contributed by atoms with van der Waals surface area (Å²) in [4.78, 5) is 24.1. The van der Waals surface area contributed by atoms with Crippen molar-refractivity contribution in [2.75, 3.05) is 6.54 Å². The minimum Gasteiger partial charge on any atom is -0.481 e. The Morgan fingerprint density at radius 2 is 2.06 bits per heavy atom. The maximum Gasteiger partial charge on any atom is 0.307 e. The van der Waals surface area contributed by atoms with Crippen LogP contribution in [0.2, 0.25) is 0 Å². The maximum absolute atomic E-state index is 11.7. The van der Waals surface area contributed by atoms with Crippen molar-refractivity contribution in [1.29, 1.82) is 0 Å². The molecule has 0 radical (unpaired) electrons. The first kappa shape index (κ1) is 12.6. The molecule has 1 aliphatic rings. The third-order valence-electron chi connectivity index (χ3n) is 3.07. The molecule has 1 saturated heterocycles. The molecule has 1 aliphatic heterocycles. The SMILES string of the molecule is NC1CC(=O)N(Cc2ccccc2CC(=O)O)C1. The van der Waals surface area contributed by atoms with Gasteiger partial charge in [0.2, 0.25) is 5.91 Å². The summed E-state index contributed by atoms with van der Waals surface area (Å²) < 4.78 is 0. The molecule has 1 amide bonds. The van der Waals surface area contributed by atoms with Gasteiger partial charge >= 0.3 is 5.97 Å². The molecule has 1 atom stereocenters. The van der Waals surface area contributed by atoms with Crippen molar-refractivity contribution in [2.45, 2.75) is 25.4 Å². The van der Waals surface area contributed by atoms with E-state index in [4.69, 9.17) is 10.8 Å². The number of amides is 1. The van der Waals surface area contributed by atoms with Crippen LogP contribution in [0.4, 0.5) is 0 Å². The van der Waals surface area contributed by atoms with E-state index in [2.05, 4.69) is 0 Å². The van der Waals surface area contributed by atoms with E-state index >= 15 is 0 Å². The lowest BCUT2D eigenvalue weighted by Gasteiger charge is -2.18. The van der Waals surface area contributed by atoms with Gasteiger partial charge < -0.3 is 15.7 Å². The van der Waals surface area contributed by atoms with Gasteiger partial charge in [0.05, 0.1) is 6.42 Å². The highest BCUT2D eigenvalue weighted by Crippen LogP contribution is 2.17. The number of nitrogens with two attached hydrogens (primary N) is 1. The Kier molecular flexibility index (Phi) is 3.62. The average Bonchev–Trinajstić information content (AvgIpc) is 2.59. The molecule has 2 rings (SSSR count). The highest BCUT2D eigenvalue weighted by Gasteiger charge is 2.27. The van der Waals surface area contributed by atoms with Crippen molar-refractivity contribution in [3.63, 3.8) is 0 Å². The van der Waals surface area contributed by atoms with Crippen LogP contribution in [0, 0.1) is 0 Å². The summed E-state index contributed by atoms with van der Waals surface area (Å²) in [7, 11) is 0. The fourth-order valence-corrected chi connectivity index (χ4v) is 2.21. The average molecular weight is 248 g/mol. The number of carboxylic acids is 1. The van der Waals surface area contributed by atoms with Crippen LogP contribution in [-0.2, 0) is 22.6 Å². The Hall–Kier alpha value is -1.88. The number of carbonyl (C=O) groups excluding carboxylic acids is 1. The fraction of sp³-hybridized carbons (Fsp3) is 0.385. The summed E-state index contributed by atoms with van der Waals surface area (Å²) in [5.41, 5.74) is 7.36. The lowest BCUT2D eigenvalue weighted by atomic mass is 10.0. The van der Waals surface area contributed by atoms with Crippen molar-refractivity contribution in [2.24, 2.45) is 5.73 Å². The number of carbonyl (C=O) groups is 2. The predicted octanol–water partition coefficient (Wildman–Crippen LogP) is 0.373. The Bertz CT molecular complexity index is 473. The van der Waals surface area contributed by atoms with Crippen LogP contribution in [0.15, 0.2) is 24.3 Å². The number of likely N-dealkylation sites (tertiary alicyclic amines) is 1. The lowest BCUT2D eigenvalue weighted by Crippen LogP contribution is -2.28. The van der Waals surface area contributed by atoms with Gasteiger partial charge in [-0.2, -0.15) is 0 Å². The number of aliphatic carboxylic acids is 1. The molecule has 18 heavy (non-hydrogen) atoms. The van der Waals surface area contributed by atoms with Crippen molar-refractivity contribution in [3.8, 4) is 0 Å². The summed E-state index contributed by atoms with van der Waals surface area (Å²) in [6.45, 7) is 0.982. The number of benzene rings is 1. The summed E-state index contributed by atoms with van der Waals surface area (Å²) in [5, 5.41) is 8.85. The Labute approximate surface area is 105 Å². The van der Waals surface area contributed by atoms with E-state index in [-0.39, 0.29) is 18.4 Å². The zero-order chi connectivity index (χ0) is 13.1. The van der Waals surface area contributed by atoms with E-state index in [1.165, 1.54) is 0 Å². The van der Waals surface area contributed by atoms with Crippen LogP contribution in [0.5, 0.6) is 0 Å². The molecule has 1 fully saturated rings. The van der Waals surface area contributed by atoms with Crippen molar-refractivity contribution < 1.29 is 14.7 Å². The van der Waals surface area contributed by atoms with Gasteiger partial charge in [-0.25, -0.2) is 0 Å². The monoisotopic (exact) mass is 248 g/mol. The standard InChI is InChI=1S/C13H16N2O3/c14-11-6-12(16)15(8-11)7-10-4-2-1-3-9(10)5-13(17)18/h1-4,11H,5-8,14H2,(H,17,18). The maximum atomic E-state index is 11.7. The summed E-state index contributed by atoms with van der Waals surface area (Å²) >= 11 is 0. The van der Waals surface area contributed by atoms with Gasteiger partial charge in [-0.3, -0.25) is 9.59 Å². The predicted molar refractivity (Wildman–Crippen MR) is 65.8 cm³/mol. The molecule has 0 aliphatic carbocycles. The third kappa shape index (κ3) is 2.87. The Balaban J connectivity index is 2.13. The molecule has 1 unspecified atom stereocenters. The van der Waals surface area contributed by atoms with Gasteiger partial charge in [-0.15, -0.1) is 0 Å². The molecular weight excluding hydrogens is 232 g/mol. The molecule has 3 N–H and O–H groups in total. The molecule has 96 valence electrons. The van der Waals surface area contributed by atoms with Crippen LogP contribution in [0.3, 0.4) is 0 Å². The molecule has 0 aromatic heterocycles. The molecule has 0 saturated carbocycles. The largest absolute Gasteiger partial charge is 0.481 e. The van der Waals surface area contributed by atoms with E-state index in [0.717, 1.165) is 11.1 Å². The first-order chi connectivity index (χ1) is 8.56. The van der Waals surface area contributed by atoms with E-state index < -0.39 is 5.97 Å². The van der Waals surface area contributed by atoms with E-state index in [1.807, 2.05) is 12.1 Å². The molecule has 0 bridgehead atoms. The highest BCUT2D eigenvalue weighted by atomic mass is 16.4. The van der Waals surface area contributed by atoms with Crippen LogP contribution in [0.25, 0.3) is 0 Å². The molecule has 1 heterocycles. The first-order valence-electron chi connectivity index (χ1n) is 5.88. The van der Waals surface area contributed by atoms with E-state index in [1.54, 1.807) is 17.0 Å². The van der Waals surface area contributed by atoms with Crippen LogP contribution < -0.4 is 5.73 Å². The number of hydrogen-bond donors (Lipinski definition) is 2. The zero-order valence-electron chi connectivity index (χ0n) is 10.0. The smallest absolute Gasteiger partial charge is 0.307 e. The van der Waals surface area contributed by atoms with Crippen LogP contribution in [-0.4, -0.2) is 34.5 Å². The minimum absolute atomic E-state index is 0.0236. The molecule has 1 aromatic rings. The van der Waals surface area contributed by atoms with Gasteiger partial charge in [0.1, 0.15) is 0 Å². The van der Waals surface area contributed by atoms with Crippen molar-refractivity contribution >= 4 is 11.9 Å². The number of rotatable bonds is 4. The Morgan fingerprint density at radius 1 is 1.39 bits per heavy atom. The van der Waals surface area contributed by atoms with E-state index in [9.17, 15) is 9.59 Å². The zero-order valence-corrected chi connectivity index (χ0v) is 10.0. The minimum atomic E-state index is -0.869. The quantitative estimate of drug-likeness (QED) is 0.806. The second-order valence-corrected chi connectivity index (χ2v) is 4.58. The van der Waals surface area contributed by atoms with Gasteiger partial charge in [0.25, 0.3) is 0 Å². The molecule has 5 heteroatoms. The third-order valence-corrected chi connectivity index (χ3v) is 3.07. The van der Waals surface area contributed by atoms with Crippen molar-refractivity contribution in [3.05, 3.63) is 35.4 Å². The first-order valence-corrected chi connectivity index (χ1v) is 5.88. The van der Waals surface area contributed by atoms with Gasteiger partial charge in [-0.1, -0.05) is 24.3 Å². The second kappa shape index (κ2) is 5.18. The Morgan fingerprint density at radius 3 is 2.61 bits per heavy atom. The van der Waals surface area contributed by atoms with Crippen LogP contribution >= 0.6 is 0 Å². The van der Waals surface area contributed by atoms with Crippen molar-refractivity contribution in [1.82, 2.24) is 4.90 Å². The normalized spacial score (nSPS) is 19.3. The second-order valence-electron chi connectivity index (χ2n) is 4.58.